The van der Waals surface area contributed by atoms with Crippen molar-refractivity contribution in [2.45, 2.75) is 19.8 Å². The number of hydrogen-bond acceptors (Lipinski definition) is 5. The summed E-state index contributed by atoms with van der Waals surface area (Å²) >= 11 is 0. The summed E-state index contributed by atoms with van der Waals surface area (Å²) in [5, 5.41) is 8.68. The molecule has 10 heteroatoms. The second-order valence-electron chi connectivity index (χ2n) is 6.22. The largest absolute Gasteiger partial charge is 0.352 e. The van der Waals surface area contributed by atoms with Gasteiger partial charge in [-0.1, -0.05) is 0 Å². The van der Waals surface area contributed by atoms with E-state index in [1.807, 2.05) is 0 Å². The fourth-order valence-electron chi connectivity index (χ4n) is 2.75. The summed E-state index contributed by atoms with van der Waals surface area (Å²) in [4.78, 5) is 23.7. The van der Waals surface area contributed by atoms with Crippen molar-refractivity contribution in [2.75, 3.05) is 35.9 Å². The lowest BCUT2D eigenvalue weighted by Gasteiger charge is -2.14. The number of benzene rings is 1. The van der Waals surface area contributed by atoms with Gasteiger partial charge in [-0.05, 0) is 50.0 Å². The lowest BCUT2D eigenvalue weighted by atomic mass is 10.1. The molecule has 1 heterocycles. The van der Waals surface area contributed by atoms with E-state index in [1.54, 1.807) is 0 Å². The predicted molar refractivity (Wildman–Crippen MR) is 104 cm³/mol. The maximum absolute atomic E-state index is 12.5. The number of halogens is 1. The van der Waals surface area contributed by atoms with Gasteiger partial charge in [-0.2, -0.15) is 0 Å². The zero-order valence-electron chi connectivity index (χ0n) is 14.8. The average molecular weight is 405 g/mol. The molecule has 146 valence electrons. The zero-order valence-corrected chi connectivity index (χ0v) is 16.4. The Hall–Kier alpha value is -1.84. The Morgan fingerprint density at radius 2 is 2.04 bits per heavy atom. The Morgan fingerprint density at radius 1 is 1.31 bits per heavy atom. The summed E-state index contributed by atoms with van der Waals surface area (Å²) in [5.41, 5.74) is 0.773. The van der Waals surface area contributed by atoms with Crippen LogP contribution in [0.3, 0.4) is 0 Å². The van der Waals surface area contributed by atoms with Crippen molar-refractivity contribution in [1.29, 1.82) is 0 Å². The Labute approximate surface area is 160 Å². The van der Waals surface area contributed by atoms with Crippen LogP contribution in [0.15, 0.2) is 18.2 Å². The SMILES string of the molecule is CC(=O)Nc1ccc(NS(C)(=O)=O)c(C(=O)NCCC2CCNC2)c1.Cl. The maximum Gasteiger partial charge on any atom is 0.253 e. The van der Waals surface area contributed by atoms with Gasteiger partial charge in [0, 0.05) is 19.2 Å². The highest BCUT2D eigenvalue weighted by Gasteiger charge is 2.17. The minimum absolute atomic E-state index is 0. The standard InChI is InChI=1S/C16H24N4O4S.ClH/c1-11(21)19-13-3-4-15(20-25(2,23)24)14(9-13)16(22)18-8-6-12-5-7-17-10-12;/h3-4,9,12,17,20H,5-8,10H2,1-2H3,(H,18,22)(H,19,21);1H. The van der Waals surface area contributed by atoms with Crippen LogP contribution >= 0.6 is 12.4 Å². The van der Waals surface area contributed by atoms with Crippen molar-refractivity contribution in [1.82, 2.24) is 10.6 Å². The average Bonchev–Trinajstić information content (AvgIpc) is 3.00. The normalized spacial score (nSPS) is 16.5. The number of rotatable bonds is 7. The van der Waals surface area contributed by atoms with E-state index < -0.39 is 10.0 Å². The van der Waals surface area contributed by atoms with Crippen molar-refractivity contribution in [3.8, 4) is 0 Å². The van der Waals surface area contributed by atoms with E-state index >= 15 is 0 Å². The Morgan fingerprint density at radius 3 is 2.62 bits per heavy atom. The van der Waals surface area contributed by atoms with Gasteiger partial charge in [0.1, 0.15) is 0 Å². The van der Waals surface area contributed by atoms with E-state index in [4.69, 9.17) is 0 Å². The van der Waals surface area contributed by atoms with E-state index in [1.165, 1.54) is 25.1 Å². The molecule has 26 heavy (non-hydrogen) atoms. The molecule has 0 bridgehead atoms. The molecule has 0 saturated carbocycles. The van der Waals surface area contributed by atoms with E-state index in [-0.39, 0.29) is 35.5 Å². The Balaban J connectivity index is 0.00000338. The third-order valence-corrected chi connectivity index (χ3v) is 4.47. The first kappa shape index (κ1) is 22.2. The van der Waals surface area contributed by atoms with Crippen molar-refractivity contribution in [3.05, 3.63) is 23.8 Å². The monoisotopic (exact) mass is 404 g/mol. The van der Waals surface area contributed by atoms with E-state index in [9.17, 15) is 18.0 Å². The molecular formula is C16H25ClN4O4S. The number of sulfonamides is 1. The topological polar surface area (TPSA) is 116 Å². The maximum atomic E-state index is 12.5. The molecule has 2 rings (SSSR count). The van der Waals surface area contributed by atoms with Crippen molar-refractivity contribution < 1.29 is 18.0 Å². The molecule has 1 saturated heterocycles. The van der Waals surface area contributed by atoms with Gasteiger partial charge in [0.2, 0.25) is 15.9 Å². The minimum atomic E-state index is -3.53. The van der Waals surface area contributed by atoms with Crippen LogP contribution < -0.4 is 20.7 Å². The molecule has 1 aliphatic rings. The molecule has 1 aromatic rings. The number of carbonyl (C=O) groups excluding carboxylic acids is 2. The van der Waals surface area contributed by atoms with Gasteiger partial charge >= 0.3 is 0 Å². The van der Waals surface area contributed by atoms with Crippen LogP contribution in [0.4, 0.5) is 11.4 Å². The molecule has 0 radical (unpaired) electrons. The summed E-state index contributed by atoms with van der Waals surface area (Å²) in [6.45, 7) is 3.82. The van der Waals surface area contributed by atoms with Gasteiger partial charge in [-0.15, -0.1) is 12.4 Å². The van der Waals surface area contributed by atoms with Gasteiger partial charge < -0.3 is 16.0 Å². The van der Waals surface area contributed by atoms with Crippen molar-refractivity contribution in [3.63, 3.8) is 0 Å². The fourth-order valence-corrected chi connectivity index (χ4v) is 3.33. The van der Waals surface area contributed by atoms with Crippen LogP contribution in [0.2, 0.25) is 0 Å². The second kappa shape index (κ2) is 9.75. The lowest BCUT2D eigenvalue weighted by molar-refractivity contribution is -0.114. The fraction of sp³-hybridized carbons (Fsp3) is 0.500. The van der Waals surface area contributed by atoms with E-state index in [0.29, 0.717) is 18.2 Å². The first-order chi connectivity index (χ1) is 11.7. The molecule has 8 nitrogen and oxygen atoms in total. The smallest absolute Gasteiger partial charge is 0.253 e. The molecule has 1 fully saturated rings. The molecule has 1 atom stereocenters. The van der Waals surface area contributed by atoms with Crippen molar-refractivity contribution >= 4 is 45.6 Å². The van der Waals surface area contributed by atoms with Gasteiger partial charge in [0.25, 0.3) is 5.91 Å². The quantitative estimate of drug-likeness (QED) is 0.544. The zero-order chi connectivity index (χ0) is 18.4. The highest BCUT2D eigenvalue weighted by Crippen LogP contribution is 2.22. The number of hydrogen-bond donors (Lipinski definition) is 4. The molecule has 1 aliphatic heterocycles. The third kappa shape index (κ3) is 7.19. The number of carbonyl (C=O) groups is 2. The Bertz CT molecular complexity index is 749. The summed E-state index contributed by atoms with van der Waals surface area (Å²) in [6, 6.07) is 4.46. The van der Waals surface area contributed by atoms with Crippen LogP contribution in [-0.4, -0.2) is 46.1 Å². The van der Waals surface area contributed by atoms with Crippen LogP contribution in [0, 0.1) is 5.92 Å². The van der Waals surface area contributed by atoms with Crippen LogP contribution in [0.25, 0.3) is 0 Å². The number of nitrogens with one attached hydrogen (secondary N) is 4. The summed E-state index contributed by atoms with van der Waals surface area (Å²) in [5.74, 6) is -0.118. The van der Waals surface area contributed by atoms with Crippen molar-refractivity contribution in [2.24, 2.45) is 5.92 Å². The lowest BCUT2D eigenvalue weighted by Crippen LogP contribution is -2.28. The molecule has 0 spiro atoms. The first-order valence-corrected chi connectivity index (χ1v) is 10.0. The van der Waals surface area contributed by atoms with Crippen LogP contribution in [-0.2, 0) is 14.8 Å². The Kier molecular flexibility index (Phi) is 8.32. The highest BCUT2D eigenvalue weighted by atomic mass is 35.5. The number of anilines is 2. The molecular weight excluding hydrogens is 380 g/mol. The molecule has 0 aromatic heterocycles. The van der Waals surface area contributed by atoms with Gasteiger partial charge in [-0.25, -0.2) is 8.42 Å². The summed E-state index contributed by atoms with van der Waals surface area (Å²) in [7, 11) is -3.53. The number of amides is 2. The molecule has 4 N–H and O–H groups in total. The predicted octanol–water partition coefficient (Wildman–Crippen LogP) is 1.17. The molecule has 1 unspecified atom stereocenters. The van der Waals surface area contributed by atoms with E-state index in [2.05, 4.69) is 20.7 Å². The van der Waals surface area contributed by atoms with Crippen LogP contribution in [0.5, 0.6) is 0 Å². The summed E-state index contributed by atoms with van der Waals surface area (Å²) < 4.78 is 25.3. The highest BCUT2D eigenvalue weighted by molar-refractivity contribution is 7.92. The minimum Gasteiger partial charge on any atom is -0.352 e. The summed E-state index contributed by atoms with van der Waals surface area (Å²) in [6.07, 6.45) is 2.97. The van der Waals surface area contributed by atoms with Gasteiger partial charge in [0.05, 0.1) is 17.5 Å². The van der Waals surface area contributed by atoms with Crippen LogP contribution in [0.1, 0.15) is 30.1 Å². The van der Waals surface area contributed by atoms with Gasteiger partial charge in [0.15, 0.2) is 0 Å². The second-order valence-corrected chi connectivity index (χ2v) is 7.97. The van der Waals surface area contributed by atoms with Gasteiger partial charge in [-0.3, -0.25) is 14.3 Å². The molecule has 0 aliphatic carbocycles. The van der Waals surface area contributed by atoms with E-state index in [0.717, 1.165) is 32.2 Å². The first-order valence-electron chi connectivity index (χ1n) is 8.13. The third-order valence-electron chi connectivity index (χ3n) is 3.88. The molecule has 2 amide bonds. The molecule has 1 aromatic carbocycles.